The van der Waals surface area contributed by atoms with Gasteiger partial charge in [0.2, 0.25) is 0 Å². The highest BCUT2D eigenvalue weighted by molar-refractivity contribution is 5.81. The average Bonchev–Trinajstić information content (AvgIpc) is 3.23. The Bertz CT molecular complexity index is 2160. The number of nitrogens with zero attached hydrogens (tertiary/aromatic N) is 2. The van der Waals surface area contributed by atoms with Gasteiger partial charge < -0.3 is 9.80 Å². The standard InChI is InChI=1S/C54H56N2/c1-7-9-11-43-15-29-49(30-16-43)55(53-27-13-39(3)41(5)37-53)51-33-23-47(24-34-51)45-19-21-46(22-20-45)48-25-35-52(36-26-48)56(54-28-14-40(4)42(6)38-54)50-31-17-44(18-32-50)12-10-8-2/h13-38H,7-12H2,1-6H3. The fraction of sp³-hybridized carbons (Fsp3) is 0.222. The van der Waals surface area contributed by atoms with E-state index in [1.165, 1.54) is 104 Å². The minimum Gasteiger partial charge on any atom is -0.310 e. The molecule has 7 rings (SSSR count). The smallest absolute Gasteiger partial charge is 0.0464 e. The van der Waals surface area contributed by atoms with Gasteiger partial charge in [-0.1, -0.05) is 112 Å². The van der Waals surface area contributed by atoms with Gasteiger partial charge in [-0.05, 0) is 182 Å². The summed E-state index contributed by atoms with van der Waals surface area (Å²) in [5, 5.41) is 0. The van der Waals surface area contributed by atoms with Crippen LogP contribution in [0.5, 0.6) is 0 Å². The Morgan fingerprint density at radius 1 is 0.304 bits per heavy atom. The van der Waals surface area contributed by atoms with E-state index < -0.39 is 0 Å². The Kier molecular flexibility index (Phi) is 12.2. The number of anilines is 6. The summed E-state index contributed by atoms with van der Waals surface area (Å²) >= 11 is 0. The zero-order valence-electron chi connectivity index (χ0n) is 34.1. The van der Waals surface area contributed by atoms with Crippen molar-refractivity contribution in [3.63, 3.8) is 0 Å². The van der Waals surface area contributed by atoms with Gasteiger partial charge in [-0.3, -0.25) is 0 Å². The Labute approximate surface area is 336 Å². The zero-order chi connectivity index (χ0) is 39.0. The monoisotopic (exact) mass is 732 g/mol. The van der Waals surface area contributed by atoms with Crippen LogP contribution < -0.4 is 9.80 Å². The van der Waals surface area contributed by atoms with Crippen molar-refractivity contribution >= 4 is 34.1 Å². The van der Waals surface area contributed by atoms with Crippen LogP contribution >= 0.6 is 0 Å². The van der Waals surface area contributed by atoms with Crippen molar-refractivity contribution < 1.29 is 0 Å². The Hall–Kier alpha value is -5.86. The van der Waals surface area contributed by atoms with Crippen molar-refractivity contribution in [3.8, 4) is 22.3 Å². The molecule has 0 bridgehead atoms. The van der Waals surface area contributed by atoms with Crippen LogP contribution in [0.4, 0.5) is 34.1 Å². The molecule has 0 saturated carbocycles. The molecule has 56 heavy (non-hydrogen) atoms. The highest BCUT2D eigenvalue weighted by Gasteiger charge is 2.16. The molecule has 0 aliphatic heterocycles. The molecular weight excluding hydrogens is 677 g/mol. The quantitative estimate of drug-likeness (QED) is 0.110. The lowest BCUT2D eigenvalue weighted by Gasteiger charge is -2.26. The number of hydrogen-bond acceptors (Lipinski definition) is 2. The molecule has 0 amide bonds. The molecule has 0 heterocycles. The second-order valence-electron chi connectivity index (χ2n) is 15.4. The normalized spacial score (nSPS) is 11.1. The second-order valence-corrected chi connectivity index (χ2v) is 15.4. The fourth-order valence-electron chi connectivity index (χ4n) is 7.47. The van der Waals surface area contributed by atoms with Gasteiger partial charge in [0.1, 0.15) is 0 Å². The van der Waals surface area contributed by atoms with Gasteiger partial charge in [-0.25, -0.2) is 0 Å². The first-order valence-corrected chi connectivity index (χ1v) is 20.5. The summed E-state index contributed by atoms with van der Waals surface area (Å²) in [5.41, 5.74) is 19.8. The molecule has 0 aliphatic rings. The maximum absolute atomic E-state index is 2.37. The van der Waals surface area contributed by atoms with Crippen molar-refractivity contribution in [1.29, 1.82) is 0 Å². The molecule has 0 saturated heterocycles. The number of benzene rings is 7. The van der Waals surface area contributed by atoms with Crippen molar-refractivity contribution in [1.82, 2.24) is 0 Å². The number of hydrogen-bond donors (Lipinski definition) is 0. The third kappa shape index (κ3) is 8.82. The van der Waals surface area contributed by atoms with Crippen molar-refractivity contribution in [2.24, 2.45) is 0 Å². The summed E-state index contributed by atoms with van der Waals surface area (Å²) < 4.78 is 0. The molecule has 2 heteroatoms. The van der Waals surface area contributed by atoms with Gasteiger partial charge in [-0.2, -0.15) is 0 Å². The molecule has 0 unspecified atom stereocenters. The minimum absolute atomic E-state index is 1.12. The first kappa shape index (κ1) is 38.4. The maximum atomic E-state index is 2.37. The molecule has 0 fully saturated rings. The molecule has 2 nitrogen and oxygen atoms in total. The largest absolute Gasteiger partial charge is 0.310 e. The lowest BCUT2D eigenvalue weighted by atomic mass is 9.99. The van der Waals surface area contributed by atoms with E-state index in [1.54, 1.807) is 0 Å². The molecule has 282 valence electrons. The van der Waals surface area contributed by atoms with Crippen LogP contribution in [0.1, 0.15) is 72.9 Å². The summed E-state index contributed by atoms with van der Waals surface area (Å²) in [6, 6.07) is 58.7. The molecule has 0 aliphatic carbocycles. The van der Waals surface area contributed by atoms with E-state index in [9.17, 15) is 0 Å². The molecular formula is C54H56N2. The van der Waals surface area contributed by atoms with Gasteiger partial charge in [0.15, 0.2) is 0 Å². The van der Waals surface area contributed by atoms with Crippen molar-refractivity contribution in [2.45, 2.75) is 80.1 Å². The van der Waals surface area contributed by atoms with Crippen molar-refractivity contribution in [2.75, 3.05) is 9.80 Å². The zero-order valence-corrected chi connectivity index (χ0v) is 34.1. The Morgan fingerprint density at radius 2 is 0.571 bits per heavy atom. The summed E-state index contributed by atoms with van der Waals surface area (Å²) in [5.74, 6) is 0. The van der Waals surface area contributed by atoms with Crippen LogP contribution in [0.15, 0.2) is 158 Å². The van der Waals surface area contributed by atoms with Crippen LogP contribution in [0, 0.1) is 27.7 Å². The van der Waals surface area contributed by atoms with E-state index in [0.717, 1.165) is 24.2 Å². The van der Waals surface area contributed by atoms with Crippen LogP contribution in [0.3, 0.4) is 0 Å². The molecule has 0 atom stereocenters. The minimum atomic E-state index is 1.12. The molecule has 7 aromatic carbocycles. The van der Waals surface area contributed by atoms with E-state index in [4.69, 9.17) is 0 Å². The molecule has 0 aromatic heterocycles. The first-order valence-electron chi connectivity index (χ1n) is 20.5. The summed E-state index contributed by atoms with van der Waals surface area (Å²) in [6.07, 6.45) is 7.11. The second kappa shape index (κ2) is 17.7. The average molecular weight is 733 g/mol. The number of aryl methyl sites for hydroxylation is 6. The summed E-state index contributed by atoms with van der Waals surface area (Å²) in [6.45, 7) is 13.3. The summed E-state index contributed by atoms with van der Waals surface area (Å²) in [4.78, 5) is 4.74. The van der Waals surface area contributed by atoms with Crippen LogP contribution in [0.2, 0.25) is 0 Å². The predicted octanol–water partition coefficient (Wildman–Crippen LogP) is 15.9. The van der Waals surface area contributed by atoms with E-state index >= 15 is 0 Å². The molecule has 7 aromatic rings. The van der Waals surface area contributed by atoms with E-state index in [1.807, 2.05) is 0 Å². The third-order valence-electron chi connectivity index (χ3n) is 11.3. The Balaban J connectivity index is 1.12. The fourth-order valence-corrected chi connectivity index (χ4v) is 7.47. The molecule has 0 spiro atoms. The number of rotatable bonds is 14. The first-order chi connectivity index (χ1) is 27.3. The van der Waals surface area contributed by atoms with Crippen LogP contribution in [-0.4, -0.2) is 0 Å². The highest BCUT2D eigenvalue weighted by Crippen LogP contribution is 2.39. The third-order valence-corrected chi connectivity index (χ3v) is 11.3. The molecule has 0 N–H and O–H groups in total. The van der Waals surface area contributed by atoms with Crippen LogP contribution in [0.25, 0.3) is 22.3 Å². The summed E-state index contributed by atoms with van der Waals surface area (Å²) in [7, 11) is 0. The van der Waals surface area contributed by atoms with Crippen LogP contribution in [-0.2, 0) is 12.8 Å². The number of unbranched alkanes of at least 4 members (excludes halogenated alkanes) is 2. The highest BCUT2D eigenvalue weighted by atomic mass is 15.1. The SMILES string of the molecule is CCCCc1ccc(N(c2ccc(-c3ccc(-c4ccc(N(c5ccc(CCCC)cc5)c5ccc(C)c(C)c5)cc4)cc3)cc2)c2ccc(C)c(C)c2)cc1. The molecule has 0 radical (unpaired) electrons. The topological polar surface area (TPSA) is 6.48 Å². The lowest BCUT2D eigenvalue weighted by Crippen LogP contribution is -2.10. The lowest BCUT2D eigenvalue weighted by molar-refractivity contribution is 0.795. The maximum Gasteiger partial charge on any atom is 0.0464 e. The van der Waals surface area contributed by atoms with Gasteiger partial charge in [-0.15, -0.1) is 0 Å². The van der Waals surface area contributed by atoms with Gasteiger partial charge in [0.05, 0.1) is 0 Å². The van der Waals surface area contributed by atoms with E-state index in [-0.39, 0.29) is 0 Å². The van der Waals surface area contributed by atoms with E-state index in [2.05, 4.69) is 209 Å². The van der Waals surface area contributed by atoms with E-state index in [0.29, 0.717) is 0 Å². The predicted molar refractivity (Wildman–Crippen MR) is 243 cm³/mol. The van der Waals surface area contributed by atoms with Gasteiger partial charge in [0.25, 0.3) is 0 Å². The van der Waals surface area contributed by atoms with Gasteiger partial charge in [0, 0.05) is 34.1 Å². The van der Waals surface area contributed by atoms with Gasteiger partial charge >= 0.3 is 0 Å². The van der Waals surface area contributed by atoms with Crippen molar-refractivity contribution in [3.05, 3.63) is 191 Å². The Morgan fingerprint density at radius 3 is 0.857 bits per heavy atom.